The molecule has 0 aliphatic rings. The Kier molecular flexibility index (Phi) is 210. The van der Waals surface area contributed by atoms with Crippen LogP contribution in [-0.4, -0.2) is 19.6 Å². The van der Waals surface area contributed by atoms with E-state index < -0.39 is 34.7 Å². The zero-order valence-electron chi connectivity index (χ0n) is 6.21. The van der Waals surface area contributed by atoms with E-state index in [0.29, 0.717) is 0 Å². The maximum atomic E-state index is 8.46. The van der Waals surface area contributed by atoms with E-state index in [4.69, 9.17) is 37.8 Å². The van der Waals surface area contributed by atoms with Gasteiger partial charge in [0.15, 0.2) is 0 Å². The molecular formula is H4HfO8P4Zr+4. The number of hydrogen-bond acceptors (Lipinski definition) is 4. The van der Waals surface area contributed by atoms with Crippen molar-refractivity contribution in [2.75, 3.05) is 0 Å². The fourth-order valence-corrected chi connectivity index (χ4v) is 0. The van der Waals surface area contributed by atoms with Crippen molar-refractivity contribution in [3.8, 4) is 0 Å². The Bertz CT molecular complexity index is 75.3. The van der Waals surface area contributed by atoms with E-state index in [1.165, 1.54) is 0 Å². The molecule has 0 radical (unpaired) electrons. The van der Waals surface area contributed by atoms with Crippen LogP contribution in [0.4, 0.5) is 0 Å². The molecule has 76 valence electrons. The Morgan fingerprint density at radius 2 is 0.571 bits per heavy atom. The molecule has 0 saturated carbocycles. The van der Waals surface area contributed by atoms with Crippen molar-refractivity contribution in [3.63, 3.8) is 0 Å². The van der Waals surface area contributed by atoms with Crippen LogP contribution in [0.2, 0.25) is 0 Å². The maximum absolute atomic E-state index is 8.46. The van der Waals surface area contributed by atoms with Crippen LogP contribution in [-0.2, 0) is 70.3 Å². The zero-order valence-corrected chi connectivity index (χ0v) is 15.8. The third-order valence-corrected chi connectivity index (χ3v) is 0. The summed E-state index contributed by atoms with van der Waals surface area (Å²) < 4.78 is 33.8. The van der Waals surface area contributed by atoms with Gasteiger partial charge >= 0.3 is 60.6 Å². The average molecular weight is 526 g/mol. The summed E-state index contributed by atoms with van der Waals surface area (Å²) in [4.78, 5) is 27.9. The van der Waals surface area contributed by atoms with Crippen LogP contribution in [0.3, 0.4) is 0 Å². The Balaban J connectivity index is -0.0000000145. The van der Waals surface area contributed by atoms with Crippen LogP contribution in [0.25, 0.3) is 0 Å². The van der Waals surface area contributed by atoms with Crippen LogP contribution < -0.4 is 0 Å². The number of hydrogen-bond donors (Lipinski definition) is 4. The van der Waals surface area contributed by atoms with E-state index in [0.717, 1.165) is 0 Å². The Morgan fingerprint density at radius 1 is 0.571 bits per heavy atom. The molecule has 14 heteroatoms. The van der Waals surface area contributed by atoms with Crippen LogP contribution >= 0.6 is 34.7 Å². The fourth-order valence-electron chi connectivity index (χ4n) is 0. The molecule has 0 fully saturated rings. The minimum absolute atomic E-state index is 0. The van der Waals surface area contributed by atoms with Gasteiger partial charge in [0.1, 0.15) is 0 Å². The van der Waals surface area contributed by atoms with Gasteiger partial charge in [-0.05, 0) is 0 Å². The average Bonchev–Trinajstić information content (AvgIpc) is 1.92. The molecule has 0 heterocycles. The third-order valence-electron chi connectivity index (χ3n) is 0. The Morgan fingerprint density at radius 3 is 0.571 bits per heavy atom. The molecule has 0 aliphatic heterocycles. The topological polar surface area (TPSA) is 149 Å². The van der Waals surface area contributed by atoms with Gasteiger partial charge in [0.2, 0.25) is 0 Å². The van der Waals surface area contributed by atoms with Crippen LogP contribution in [0, 0.1) is 0 Å². The van der Waals surface area contributed by atoms with Crippen molar-refractivity contribution in [1.29, 1.82) is 0 Å². The molecule has 0 bridgehead atoms. The second-order valence-corrected chi connectivity index (χ2v) is 0.980. The molecule has 0 aliphatic carbocycles. The Labute approximate surface area is 124 Å². The van der Waals surface area contributed by atoms with Gasteiger partial charge in [-0.1, -0.05) is 0 Å². The van der Waals surface area contributed by atoms with E-state index >= 15 is 0 Å². The molecule has 0 amide bonds. The van der Waals surface area contributed by atoms with Crippen LogP contribution in [0.5, 0.6) is 0 Å². The van der Waals surface area contributed by atoms with Crippen molar-refractivity contribution < 1.29 is 89.9 Å². The molecule has 0 atom stereocenters. The fraction of sp³-hybridized carbons (Fsp3) is 0. The predicted octanol–water partition coefficient (Wildman–Crippen LogP) is 0.737. The monoisotopic (exact) mass is 526 g/mol. The molecule has 14 heavy (non-hydrogen) atoms. The predicted molar refractivity (Wildman–Crippen MR) is 39.3 cm³/mol. The summed E-state index contributed by atoms with van der Waals surface area (Å²) in [6.45, 7) is 0. The minimum Gasteiger partial charge on any atom is -0.310 e. The molecule has 0 spiro atoms. The molecule has 4 N–H and O–H groups in total. The molecule has 8 nitrogen and oxygen atoms in total. The molecule has 0 aromatic rings. The summed E-state index contributed by atoms with van der Waals surface area (Å²) >= 11 is 0. The minimum atomic E-state index is -0.833. The van der Waals surface area contributed by atoms with Crippen molar-refractivity contribution in [1.82, 2.24) is 0 Å². The van der Waals surface area contributed by atoms with Crippen molar-refractivity contribution >= 4 is 34.7 Å². The van der Waals surface area contributed by atoms with E-state index in [1.807, 2.05) is 0 Å². The zero-order chi connectivity index (χ0) is 10.8. The van der Waals surface area contributed by atoms with E-state index in [-0.39, 0.29) is 52.0 Å². The summed E-state index contributed by atoms with van der Waals surface area (Å²) in [7, 11) is -3.33. The molecular weight excluding hydrogens is 522 g/mol. The molecule has 0 aromatic heterocycles. The normalized spacial score (nSPS) is 6.00. The summed E-state index contributed by atoms with van der Waals surface area (Å²) in [5.41, 5.74) is 0. The summed E-state index contributed by atoms with van der Waals surface area (Å²) in [5.74, 6) is 0. The second kappa shape index (κ2) is 81.7. The first-order valence-corrected chi connectivity index (χ1v) is 4.59. The first-order chi connectivity index (χ1) is 5.66. The number of rotatable bonds is 0. The van der Waals surface area contributed by atoms with Gasteiger partial charge in [-0.3, -0.25) is 0 Å². The molecule has 0 rings (SSSR count). The summed E-state index contributed by atoms with van der Waals surface area (Å²) in [5, 5.41) is 0. The summed E-state index contributed by atoms with van der Waals surface area (Å²) in [6, 6.07) is 0. The molecule has 0 saturated heterocycles. The van der Waals surface area contributed by atoms with Gasteiger partial charge in [-0.2, -0.15) is 0 Å². The van der Waals surface area contributed by atoms with Gasteiger partial charge in [0, 0.05) is 26.2 Å². The summed E-state index contributed by atoms with van der Waals surface area (Å²) in [6.07, 6.45) is 0. The first kappa shape index (κ1) is 36.0. The third kappa shape index (κ3) is 595. The van der Waals surface area contributed by atoms with Gasteiger partial charge in [-0.25, -0.2) is 18.3 Å². The molecule has 0 aromatic carbocycles. The van der Waals surface area contributed by atoms with Crippen molar-refractivity contribution in [2.45, 2.75) is 0 Å². The van der Waals surface area contributed by atoms with E-state index in [1.54, 1.807) is 0 Å². The van der Waals surface area contributed by atoms with Crippen molar-refractivity contribution in [3.05, 3.63) is 0 Å². The van der Waals surface area contributed by atoms with Crippen LogP contribution in [0.1, 0.15) is 0 Å². The van der Waals surface area contributed by atoms with Gasteiger partial charge in [0.25, 0.3) is 0 Å². The van der Waals surface area contributed by atoms with Gasteiger partial charge in [0.05, 0.1) is 0 Å². The van der Waals surface area contributed by atoms with E-state index in [2.05, 4.69) is 0 Å². The van der Waals surface area contributed by atoms with E-state index in [9.17, 15) is 0 Å². The molecule has 0 unspecified atom stereocenters. The quantitative estimate of drug-likeness (QED) is 0.267. The second-order valence-electron chi connectivity index (χ2n) is 0.327. The van der Waals surface area contributed by atoms with Gasteiger partial charge < -0.3 is 19.6 Å². The SMILES string of the molecule is O=PO.O=PO.O=PO.O=PO.[Hf+4].[Zr]. The largest absolute Gasteiger partial charge is 4.00 e. The maximum Gasteiger partial charge on any atom is 4.00 e. The van der Waals surface area contributed by atoms with Crippen LogP contribution in [0.15, 0.2) is 0 Å². The van der Waals surface area contributed by atoms with Crippen molar-refractivity contribution in [2.24, 2.45) is 0 Å². The standard InChI is InChI=1S/Hf.4HO2P.Zr/c;4*1-3-2;/h;4*(H,1,2);/q+4;;;;;. The smallest absolute Gasteiger partial charge is 0.310 e. The van der Waals surface area contributed by atoms with Gasteiger partial charge in [-0.15, -0.1) is 0 Å². The first-order valence-electron chi connectivity index (χ1n) is 1.53. The Hall–Kier alpha value is 1.99.